The number of aromatic nitrogens is 2. The van der Waals surface area contributed by atoms with Gasteiger partial charge in [0.25, 0.3) is 0 Å². The fraction of sp³-hybridized carbons (Fsp3) is 0. The minimum Gasteiger partial charge on any atom is -0.383 e. The molecule has 2 aromatic rings. The number of hydrogen-bond acceptors (Lipinski definition) is 2. The number of hydrogen-bond donors (Lipinski definition) is 2. The lowest BCUT2D eigenvalue weighted by atomic mass is 10.3. The Labute approximate surface area is 91.0 Å². The second-order valence-electron chi connectivity index (χ2n) is 2.38. The molecular formula is C7H5BrIN3. The first kappa shape index (κ1) is 8.31. The molecule has 0 spiro atoms. The summed E-state index contributed by atoms with van der Waals surface area (Å²) in [7, 11) is 0. The number of fused-ring (bicyclic) bond motifs is 1. The van der Waals surface area contributed by atoms with Gasteiger partial charge in [-0.15, -0.1) is 0 Å². The molecule has 2 rings (SSSR count). The van der Waals surface area contributed by atoms with Gasteiger partial charge in [-0.05, 0) is 38.5 Å². The van der Waals surface area contributed by atoms with E-state index in [1.54, 1.807) is 6.20 Å². The summed E-state index contributed by atoms with van der Waals surface area (Å²) in [4.78, 5) is 7.18. The molecule has 0 aliphatic heterocycles. The molecule has 0 saturated heterocycles. The van der Waals surface area contributed by atoms with Crippen LogP contribution in [0.2, 0.25) is 0 Å². The first-order valence-electron chi connectivity index (χ1n) is 3.26. The molecule has 0 fully saturated rings. The van der Waals surface area contributed by atoms with Gasteiger partial charge < -0.3 is 10.7 Å². The number of halogens is 2. The van der Waals surface area contributed by atoms with Crippen LogP contribution in [-0.4, -0.2) is 9.97 Å². The van der Waals surface area contributed by atoms with Crippen LogP contribution in [0.5, 0.6) is 0 Å². The van der Waals surface area contributed by atoms with Crippen molar-refractivity contribution < 1.29 is 0 Å². The largest absolute Gasteiger partial charge is 0.383 e. The average Bonchev–Trinajstić information content (AvgIpc) is 2.42. The number of nitrogens with two attached hydrogens (primary N) is 1. The van der Waals surface area contributed by atoms with Crippen molar-refractivity contribution in [3.8, 4) is 0 Å². The number of nitrogen functional groups attached to an aromatic ring is 1. The number of nitrogens with zero attached hydrogens (tertiary/aromatic N) is 1. The topological polar surface area (TPSA) is 54.7 Å². The molecule has 5 heteroatoms. The third kappa shape index (κ3) is 1.11. The lowest BCUT2D eigenvalue weighted by Crippen LogP contribution is -1.91. The van der Waals surface area contributed by atoms with E-state index in [0.717, 1.165) is 18.9 Å². The highest BCUT2D eigenvalue weighted by molar-refractivity contribution is 14.1. The maximum absolute atomic E-state index is 5.71. The fourth-order valence-corrected chi connectivity index (χ4v) is 2.17. The van der Waals surface area contributed by atoms with Crippen molar-refractivity contribution in [2.45, 2.75) is 0 Å². The SMILES string of the molecule is Nc1ncc(I)c2[nH]cc(Br)c12. The first-order chi connectivity index (χ1) is 5.70. The quantitative estimate of drug-likeness (QED) is 0.726. The molecule has 0 unspecified atom stereocenters. The molecule has 0 saturated carbocycles. The zero-order valence-electron chi connectivity index (χ0n) is 5.94. The van der Waals surface area contributed by atoms with Crippen LogP contribution in [0.25, 0.3) is 10.9 Å². The van der Waals surface area contributed by atoms with Gasteiger partial charge >= 0.3 is 0 Å². The van der Waals surface area contributed by atoms with E-state index in [1.165, 1.54) is 0 Å². The van der Waals surface area contributed by atoms with Crippen molar-refractivity contribution in [2.24, 2.45) is 0 Å². The lowest BCUT2D eigenvalue weighted by Gasteiger charge is -1.97. The summed E-state index contributed by atoms with van der Waals surface area (Å²) in [5, 5.41) is 0.960. The van der Waals surface area contributed by atoms with E-state index >= 15 is 0 Å². The molecule has 12 heavy (non-hydrogen) atoms. The predicted molar refractivity (Wildman–Crippen MR) is 60.9 cm³/mol. The van der Waals surface area contributed by atoms with E-state index < -0.39 is 0 Å². The number of anilines is 1. The van der Waals surface area contributed by atoms with E-state index in [0.29, 0.717) is 5.82 Å². The highest BCUT2D eigenvalue weighted by Crippen LogP contribution is 2.29. The third-order valence-electron chi connectivity index (χ3n) is 1.64. The Morgan fingerprint density at radius 2 is 2.33 bits per heavy atom. The molecule has 3 nitrogen and oxygen atoms in total. The molecule has 0 aliphatic carbocycles. The molecular weight excluding hydrogens is 333 g/mol. The Morgan fingerprint density at radius 3 is 3.00 bits per heavy atom. The smallest absolute Gasteiger partial charge is 0.134 e. The minimum atomic E-state index is 0.554. The molecule has 0 amide bonds. The van der Waals surface area contributed by atoms with Crippen LogP contribution in [0.15, 0.2) is 16.9 Å². The summed E-state index contributed by atoms with van der Waals surface area (Å²) in [6.07, 6.45) is 3.62. The summed E-state index contributed by atoms with van der Waals surface area (Å²) in [5.74, 6) is 0.554. The summed E-state index contributed by atoms with van der Waals surface area (Å²) >= 11 is 5.62. The summed E-state index contributed by atoms with van der Waals surface area (Å²) in [5.41, 5.74) is 6.74. The van der Waals surface area contributed by atoms with Gasteiger partial charge in [-0.1, -0.05) is 0 Å². The molecule has 0 bridgehead atoms. The number of rotatable bonds is 0. The Hall–Kier alpha value is -0.300. The van der Waals surface area contributed by atoms with Crippen molar-refractivity contribution >= 4 is 55.2 Å². The highest BCUT2D eigenvalue weighted by atomic mass is 127. The molecule has 2 heterocycles. The van der Waals surface area contributed by atoms with Gasteiger partial charge in [-0.25, -0.2) is 4.98 Å². The molecule has 0 atom stereocenters. The zero-order valence-corrected chi connectivity index (χ0v) is 9.68. The van der Waals surface area contributed by atoms with Crippen molar-refractivity contribution in [3.05, 3.63) is 20.4 Å². The average molecular weight is 338 g/mol. The van der Waals surface area contributed by atoms with E-state index in [2.05, 4.69) is 48.5 Å². The lowest BCUT2D eigenvalue weighted by molar-refractivity contribution is 1.34. The van der Waals surface area contributed by atoms with Crippen molar-refractivity contribution in [1.29, 1.82) is 0 Å². The van der Waals surface area contributed by atoms with Gasteiger partial charge in [0.2, 0.25) is 0 Å². The first-order valence-corrected chi connectivity index (χ1v) is 5.14. The zero-order chi connectivity index (χ0) is 8.72. The molecule has 62 valence electrons. The van der Waals surface area contributed by atoms with Crippen molar-refractivity contribution in [3.63, 3.8) is 0 Å². The van der Waals surface area contributed by atoms with Crippen LogP contribution in [0, 0.1) is 3.57 Å². The summed E-state index contributed by atoms with van der Waals surface area (Å²) in [6, 6.07) is 0. The van der Waals surface area contributed by atoms with Gasteiger partial charge in [-0.3, -0.25) is 0 Å². The summed E-state index contributed by atoms with van der Waals surface area (Å²) < 4.78 is 2.03. The van der Waals surface area contributed by atoms with Crippen LogP contribution in [0.3, 0.4) is 0 Å². The van der Waals surface area contributed by atoms with Gasteiger partial charge in [-0.2, -0.15) is 0 Å². The summed E-state index contributed by atoms with van der Waals surface area (Å²) in [6.45, 7) is 0. The van der Waals surface area contributed by atoms with Gasteiger partial charge in [0.15, 0.2) is 0 Å². The van der Waals surface area contributed by atoms with Crippen molar-refractivity contribution in [1.82, 2.24) is 9.97 Å². The van der Waals surface area contributed by atoms with Gasteiger partial charge in [0.05, 0.1) is 14.5 Å². The predicted octanol–water partition coefficient (Wildman–Crippen LogP) is 2.51. The van der Waals surface area contributed by atoms with Gasteiger partial charge in [0.1, 0.15) is 5.82 Å². The number of aromatic amines is 1. The maximum atomic E-state index is 5.71. The Bertz CT molecular complexity index is 437. The van der Waals surface area contributed by atoms with Crippen LogP contribution < -0.4 is 5.73 Å². The molecule has 0 aromatic carbocycles. The standard InChI is InChI=1S/C7H5BrIN3/c8-3-1-11-6-4(9)2-12-7(10)5(3)6/h1-2,11H,(H2,10,12). The Kier molecular flexibility index (Phi) is 1.99. The fourth-order valence-electron chi connectivity index (χ4n) is 1.09. The second-order valence-corrected chi connectivity index (χ2v) is 4.39. The Balaban J connectivity index is 2.98. The van der Waals surface area contributed by atoms with E-state index in [1.807, 2.05) is 6.20 Å². The molecule has 2 aromatic heterocycles. The molecule has 0 aliphatic rings. The third-order valence-corrected chi connectivity index (χ3v) is 3.09. The second kappa shape index (κ2) is 2.88. The van der Waals surface area contributed by atoms with Crippen LogP contribution >= 0.6 is 38.5 Å². The van der Waals surface area contributed by atoms with Crippen molar-refractivity contribution in [2.75, 3.05) is 5.73 Å². The molecule has 3 N–H and O–H groups in total. The van der Waals surface area contributed by atoms with E-state index in [9.17, 15) is 0 Å². The Morgan fingerprint density at radius 1 is 1.58 bits per heavy atom. The van der Waals surface area contributed by atoms with Gasteiger partial charge in [0, 0.05) is 16.9 Å². The normalized spacial score (nSPS) is 10.8. The number of H-pyrrole nitrogens is 1. The van der Waals surface area contributed by atoms with Crippen LogP contribution in [0.1, 0.15) is 0 Å². The maximum Gasteiger partial charge on any atom is 0.134 e. The van der Waals surface area contributed by atoms with E-state index in [-0.39, 0.29) is 0 Å². The monoisotopic (exact) mass is 337 g/mol. The number of pyridine rings is 1. The number of nitrogens with one attached hydrogen (secondary N) is 1. The molecule has 0 radical (unpaired) electrons. The van der Waals surface area contributed by atoms with Crippen LogP contribution in [-0.2, 0) is 0 Å². The minimum absolute atomic E-state index is 0.554. The highest BCUT2D eigenvalue weighted by Gasteiger charge is 2.07. The van der Waals surface area contributed by atoms with E-state index in [4.69, 9.17) is 5.73 Å². The van der Waals surface area contributed by atoms with Crippen LogP contribution in [0.4, 0.5) is 5.82 Å².